The summed E-state index contributed by atoms with van der Waals surface area (Å²) in [6.45, 7) is 0.866. The van der Waals surface area contributed by atoms with Crippen LogP contribution in [0.1, 0.15) is 0 Å². The third-order valence-electron chi connectivity index (χ3n) is 5.31. The molecule has 5 nitrogen and oxygen atoms in total. The van der Waals surface area contributed by atoms with E-state index in [1.807, 2.05) is 81.1 Å². The third kappa shape index (κ3) is 7.33. The van der Waals surface area contributed by atoms with E-state index in [9.17, 15) is 0 Å². The molecular weight excluding hydrogens is 500 g/mol. The first-order valence-electron chi connectivity index (χ1n) is 11.0. The fourth-order valence-corrected chi connectivity index (χ4v) is 3.88. The fraction of sp³-hybridized carbons (Fsp3) is 0.143. The summed E-state index contributed by atoms with van der Waals surface area (Å²) in [5.41, 5.74) is 5.77. The molecule has 0 amide bonds. The molecule has 2 aromatic carbocycles. The summed E-state index contributed by atoms with van der Waals surface area (Å²) in [4.78, 5) is 6.88. The number of nitrogens with one attached hydrogen (secondary N) is 1. The summed E-state index contributed by atoms with van der Waals surface area (Å²) in [7, 11) is 5.77. The van der Waals surface area contributed by atoms with Crippen LogP contribution >= 0.6 is 11.6 Å². The van der Waals surface area contributed by atoms with E-state index < -0.39 is 0 Å². The van der Waals surface area contributed by atoms with Crippen LogP contribution in [0.3, 0.4) is 0 Å². The van der Waals surface area contributed by atoms with Gasteiger partial charge in [0.25, 0.3) is 0 Å². The van der Waals surface area contributed by atoms with Crippen LogP contribution in [0.5, 0.6) is 5.75 Å². The van der Waals surface area contributed by atoms with Crippen LogP contribution in [0.2, 0.25) is 5.02 Å². The molecule has 2 fully saturated rings. The Labute approximate surface area is 225 Å². The second kappa shape index (κ2) is 13.5. The maximum atomic E-state index is 6.19. The van der Waals surface area contributed by atoms with Crippen LogP contribution < -0.4 is 10.2 Å². The predicted octanol–water partition coefficient (Wildman–Crippen LogP) is 5.80. The molecule has 3 aromatic rings. The van der Waals surface area contributed by atoms with Gasteiger partial charge < -0.3 is 9.64 Å². The SMILES string of the molecule is COc1ccc2nc3cc(Cl)ccc3c(N/N=C/[C]3[CH][CH][CH][C]3CN(C)C)c2c1.[CH]1[CH][CH][CH][CH]1.[Fe+2]. The van der Waals surface area contributed by atoms with Crippen LogP contribution in [0.15, 0.2) is 41.5 Å². The van der Waals surface area contributed by atoms with E-state index in [2.05, 4.69) is 42.4 Å². The standard InChI is InChI=1S/C23H22ClN4O.C5H5.Fe/c1-28(2)14-16-6-4-5-15(16)13-25-27-23-19-9-7-17(24)11-22(19)26-21-10-8-18(29-3)12-20(21)23;1-2-4-5-3-1;/h4-13H,14H2,1-3H3,(H,26,27);1-5H;/q;;+2/b25-13+;;. The van der Waals surface area contributed by atoms with E-state index in [0.717, 1.165) is 45.7 Å². The summed E-state index contributed by atoms with van der Waals surface area (Å²) in [6.07, 6.45) is 18.1. The van der Waals surface area contributed by atoms with E-state index in [-0.39, 0.29) is 17.1 Å². The predicted molar refractivity (Wildman–Crippen MR) is 142 cm³/mol. The summed E-state index contributed by atoms with van der Waals surface area (Å²) < 4.78 is 5.40. The Bertz CT molecular complexity index is 1130. The number of methoxy groups -OCH3 is 1. The van der Waals surface area contributed by atoms with Gasteiger partial charge in [0.15, 0.2) is 0 Å². The maximum absolute atomic E-state index is 6.19. The topological polar surface area (TPSA) is 49.8 Å². The number of fused-ring (bicyclic) bond motifs is 2. The van der Waals surface area contributed by atoms with Gasteiger partial charge in [0.2, 0.25) is 0 Å². The zero-order valence-corrected chi connectivity index (χ0v) is 21.7. The summed E-state index contributed by atoms with van der Waals surface area (Å²) in [6, 6.07) is 11.5. The quantitative estimate of drug-likeness (QED) is 0.191. The van der Waals surface area contributed by atoms with E-state index in [4.69, 9.17) is 21.3 Å². The molecule has 1 heterocycles. The number of nitrogens with zero attached hydrogens (tertiary/aromatic N) is 3. The van der Waals surface area contributed by atoms with Crippen molar-refractivity contribution >= 4 is 45.3 Å². The van der Waals surface area contributed by atoms with Crippen LogP contribution in [-0.4, -0.2) is 43.8 Å². The molecule has 10 radical (unpaired) electrons. The van der Waals surface area contributed by atoms with Gasteiger partial charge in [-0.2, -0.15) is 5.10 Å². The minimum absolute atomic E-state index is 0. The molecule has 2 aliphatic carbocycles. The molecule has 0 aliphatic heterocycles. The summed E-state index contributed by atoms with van der Waals surface area (Å²) in [5, 5.41) is 7.07. The van der Waals surface area contributed by atoms with Gasteiger partial charge in [-0.05, 0) is 102 Å². The van der Waals surface area contributed by atoms with Crippen molar-refractivity contribution in [2.45, 2.75) is 0 Å². The van der Waals surface area contributed by atoms with Gasteiger partial charge >= 0.3 is 17.1 Å². The molecule has 2 saturated carbocycles. The molecule has 0 atom stereocenters. The van der Waals surface area contributed by atoms with Crippen LogP contribution in [-0.2, 0) is 17.1 Å². The monoisotopic (exact) mass is 526 g/mol. The smallest absolute Gasteiger partial charge is 0.497 e. The second-order valence-corrected chi connectivity index (χ2v) is 8.54. The maximum Gasteiger partial charge on any atom is 2.00 e. The van der Waals surface area contributed by atoms with Crippen LogP contribution in [0.4, 0.5) is 5.69 Å². The van der Waals surface area contributed by atoms with E-state index >= 15 is 0 Å². The molecule has 2 aliphatic rings. The summed E-state index contributed by atoms with van der Waals surface area (Å²) >= 11 is 6.19. The second-order valence-electron chi connectivity index (χ2n) is 8.11. The average molecular weight is 527 g/mol. The average Bonchev–Trinajstić information content (AvgIpc) is 3.54. The molecule has 178 valence electrons. The molecule has 5 rings (SSSR count). The largest absolute Gasteiger partial charge is 2.00 e. The minimum atomic E-state index is 0. The van der Waals surface area contributed by atoms with Gasteiger partial charge in [0, 0.05) is 40.4 Å². The molecule has 35 heavy (non-hydrogen) atoms. The Morgan fingerprint density at radius 1 is 0.943 bits per heavy atom. The molecule has 1 N–H and O–H groups in total. The van der Waals surface area contributed by atoms with E-state index in [0.29, 0.717) is 5.02 Å². The van der Waals surface area contributed by atoms with Crippen molar-refractivity contribution in [2.75, 3.05) is 33.2 Å². The number of ether oxygens (including phenoxy) is 1. The van der Waals surface area contributed by atoms with Crippen molar-refractivity contribution in [1.82, 2.24) is 9.88 Å². The first kappa shape index (κ1) is 27.7. The zero-order valence-electron chi connectivity index (χ0n) is 19.8. The Hall–Kier alpha value is -1.85. The number of aromatic nitrogens is 1. The van der Waals surface area contributed by atoms with Gasteiger partial charge in [0.05, 0.1) is 23.8 Å². The zero-order chi connectivity index (χ0) is 23.9. The summed E-state index contributed by atoms with van der Waals surface area (Å²) in [5.74, 6) is 3.09. The number of benzene rings is 2. The van der Waals surface area contributed by atoms with Crippen molar-refractivity contribution in [3.8, 4) is 5.75 Å². The van der Waals surface area contributed by atoms with E-state index in [1.54, 1.807) is 7.11 Å². The molecule has 0 unspecified atom stereocenters. The number of hydrogen-bond donors (Lipinski definition) is 1. The number of halogens is 1. The Balaban J connectivity index is 0.000000509. The molecule has 7 heteroatoms. The van der Waals surface area contributed by atoms with Crippen molar-refractivity contribution in [3.05, 3.63) is 105 Å². The van der Waals surface area contributed by atoms with Crippen molar-refractivity contribution in [1.29, 1.82) is 0 Å². The van der Waals surface area contributed by atoms with Crippen molar-refractivity contribution < 1.29 is 21.8 Å². The van der Waals surface area contributed by atoms with Gasteiger partial charge in [-0.1, -0.05) is 11.6 Å². The number of pyridine rings is 1. The molecule has 0 saturated heterocycles. The van der Waals surface area contributed by atoms with Crippen LogP contribution in [0, 0.1) is 63.2 Å². The van der Waals surface area contributed by atoms with Crippen molar-refractivity contribution in [3.63, 3.8) is 0 Å². The minimum Gasteiger partial charge on any atom is -0.497 e. The van der Waals surface area contributed by atoms with Gasteiger partial charge in [0.1, 0.15) is 5.75 Å². The molecule has 0 spiro atoms. The number of rotatable bonds is 6. The Morgan fingerprint density at radius 2 is 1.69 bits per heavy atom. The van der Waals surface area contributed by atoms with E-state index in [1.165, 1.54) is 5.92 Å². The van der Waals surface area contributed by atoms with Crippen LogP contribution in [0.25, 0.3) is 21.8 Å². The number of hydrogen-bond acceptors (Lipinski definition) is 5. The third-order valence-corrected chi connectivity index (χ3v) is 5.54. The fourth-order valence-electron chi connectivity index (χ4n) is 3.71. The van der Waals surface area contributed by atoms with Gasteiger partial charge in [-0.25, -0.2) is 4.98 Å². The van der Waals surface area contributed by atoms with Crippen molar-refractivity contribution in [2.24, 2.45) is 5.10 Å². The Morgan fingerprint density at radius 3 is 2.37 bits per heavy atom. The molecular formula is C28H27ClFeN4O+2. The normalized spacial score (nSPS) is 16.6. The van der Waals surface area contributed by atoms with Gasteiger partial charge in [-0.3, -0.25) is 5.43 Å². The number of anilines is 1. The first-order valence-corrected chi connectivity index (χ1v) is 11.3. The Kier molecular flexibility index (Phi) is 10.7. The molecule has 1 aromatic heterocycles. The number of hydrazone groups is 1. The van der Waals surface area contributed by atoms with Gasteiger partial charge in [-0.15, -0.1) is 0 Å². The molecule has 0 bridgehead atoms. The first-order chi connectivity index (χ1) is 16.5.